The molecular formula is CH4LiO3P. The van der Waals surface area contributed by atoms with Gasteiger partial charge in [-0.3, -0.25) is 0 Å². The predicted molar refractivity (Wildman–Crippen MR) is 22.9 cm³/mol. The Bertz CT molecular complexity index is 54.8. The van der Waals surface area contributed by atoms with E-state index in [1.165, 1.54) is 0 Å². The molecule has 0 fully saturated rings. The van der Waals surface area contributed by atoms with Crippen LogP contribution in [0.3, 0.4) is 0 Å². The third-order valence-electron chi connectivity index (χ3n) is 0.268. The van der Waals surface area contributed by atoms with Gasteiger partial charge in [0, 0.05) is 0 Å². The second-order valence-electron chi connectivity index (χ2n) is 0.699. The summed E-state index contributed by atoms with van der Waals surface area (Å²) < 4.78 is 13.7. The zero-order valence-electron chi connectivity index (χ0n) is 3.47. The fourth-order valence-corrected chi connectivity index (χ4v) is 0.370. The van der Waals surface area contributed by atoms with E-state index in [9.17, 15) is 4.57 Å². The van der Waals surface area contributed by atoms with Crippen molar-refractivity contribution in [2.24, 2.45) is 0 Å². The van der Waals surface area contributed by atoms with E-state index in [4.69, 9.17) is 4.89 Å². The first kappa shape index (κ1) is 6.75. The first-order valence-corrected chi connectivity index (χ1v) is 2.89. The van der Waals surface area contributed by atoms with Gasteiger partial charge in [0.25, 0.3) is 0 Å². The SMILES string of the molecule is [Li][CH2]O[PH](=O)O. The van der Waals surface area contributed by atoms with Gasteiger partial charge >= 0.3 is 45.2 Å². The third kappa shape index (κ3) is 4.75. The Balaban J connectivity index is 2.83. The van der Waals surface area contributed by atoms with E-state index < -0.39 is 8.25 Å². The van der Waals surface area contributed by atoms with Crippen LogP contribution in [0.2, 0.25) is 0 Å². The summed E-state index contributed by atoms with van der Waals surface area (Å²) in [6, 6.07) is 0. The van der Waals surface area contributed by atoms with Crippen LogP contribution in [0.1, 0.15) is 0 Å². The maximum absolute atomic E-state index is 9.56. The molecule has 0 amide bonds. The first-order chi connectivity index (χ1) is 2.77. The number of hydrogen-bond acceptors (Lipinski definition) is 2. The summed E-state index contributed by atoms with van der Waals surface area (Å²) in [4.78, 5) is 7.88. The van der Waals surface area contributed by atoms with Crippen LogP contribution < -0.4 is 0 Å². The van der Waals surface area contributed by atoms with Gasteiger partial charge in [0.2, 0.25) is 0 Å². The molecule has 1 unspecified atom stereocenters. The second kappa shape index (κ2) is 3.92. The van der Waals surface area contributed by atoms with Crippen molar-refractivity contribution >= 4 is 26.0 Å². The van der Waals surface area contributed by atoms with Crippen molar-refractivity contribution < 1.29 is 14.0 Å². The van der Waals surface area contributed by atoms with Gasteiger partial charge in [-0.25, -0.2) is 0 Å². The van der Waals surface area contributed by atoms with E-state index in [-0.39, 0.29) is 0 Å². The van der Waals surface area contributed by atoms with Gasteiger partial charge in [-0.05, 0) is 0 Å². The van der Waals surface area contributed by atoms with Crippen molar-refractivity contribution in [2.45, 2.75) is 0 Å². The average Bonchev–Trinajstić information content (AvgIpc) is 1.35. The van der Waals surface area contributed by atoms with E-state index in [0.717, 1.165) is 0 Å². The third-order valence-corrected chi connectivity index (χ3v) is 0.803. The summed E-state index contributed by atoms with van der Waals surface area (Å²) in [5.41, 5.74) is 0. The Morgan fingerprint density at radius 2 is 2.50 bits per heavy atom. The number of rotatable bonds is 2. The van der Waals surface area contributed by atoms with Gasteiger partial charge in [-0.2, -0.15) is 0 Å². The Morgan fingerprint density at radius 1 is 2.00 bits per heavy atom. The molecule has 0 rings (SSSR count). The van der Waals surface area contributed by atoms with Crippen LogP contribution in [-0.2, 0) is 9.09 Å². The molecular weight excluding hydrogens is 97.9 g/mol. The summed E-state index contributed by atoms with van der Waals surface area (Å²) in [5.74, 6) is 0. The van der Waals surface area contributed by atoms with Crippen molar-refractivity contribution in [3.05, 3.63) is 0 Å². The molecule has 0 aromatic heterocycles. The van der Waals surface area contributed by atoms with E-state index in [1.54, 1.807) is 17.7 Å². The first-order valence-electron chi connectivity index (χ1n) is 1.63. The van der Waals surface area contributed by atoms with E-state index in [1.807, 2.05) is 0 Å². The molecule has 0 aliphatic carbocycles. The van der Waals surface area contributed by atoms with Crippen molar-refractivity contribution in [3.8, 4) is 0 Å². The zero-order chi connectivity index (χ0) is 4.99. The van der Waals surface area contributed by atoms with Gasteiger partial charge < -0.3 is 0 Å². The Labute approximate surface area is 45.8 Å². The molecule has 0 spiro atoms. The molecule has 1 N–H and O–H groups in total. The van der Waals surface area contributed by atoms with Gasteiger partial charge in [0.1, 0.15) is 0 Å². The summed E-state index contributed by atoms with van der Waals surface area (Å²) in [5, 5.41) is 0.314. The molecule has 0 heterocycles. The van der Waals surface area contributed by atoms with Crippen LogP contribution in [0, 0.1) is 0 Å². The van der Waals surface area contributed by atoms with Gasteiger partial charge in [0.05, 0.1) is 0 Å². The molecule has 32 valence electrons. The molecule has 0 aliphatic heterocycles. The summed E-state index contributed by atoms with van der Waals surface area (Å²) >= 11 is 1.67. The van der Waals surface area contributed by atoms with E-state index in [2.05, 4.69) is 4.52 Å². The fraction of sp³-hybridized carbons (Fsp3) is 1.00. The van der Waals surface area contributed by atoms with Gasteiger partial charge in [0.15, 0.2) is 0 Å². The Kier molecular flexibility index (Phi) is 4.41. The molecule has 6 heavy (non-hydrogen) atoms. The quantitative estimate of drug-likeness (QED) is 0.378. The molecule has 0 saturated carbocycles. The summed E-state index contributed by atoms with van der Waals surface area (Å²) in [6.07, 6.45) is 0. The van der Waals surface area contributed by atoms with E-state index in [0.29, 0.717) is 5.28 Å². The van der Waals surface area contributed by atoms with Crippen LogP contribution in [0.5, 0.6) is 0 Å². The second-order valence-corrected chi connectivity index (χ2v) is 1.52. The summed E-state index contributed by atoms with van der Waals surface area (Å²) in [6.45, 7) is 0. The average molecular weight is 102 g/mol. The van der Waals surface area contributed by atoms with Crippen LogP contribution in [0.25, 0.3) is 0 Å². The molecule has 0 aromatic rings. The van der Waals surface area contributed by atoms with Crippen molar-refractivity contribution in [2.75, 3.05) is 5.28 Å². The fourth-order valence-electron chi connectivity index (χ4n) is 0.123. The van der Waals surface area contributed by atoms with Crippen molar-refractivity contribution in [1.82, 2.24) is 0 Å². The predicted octanol–water partition coefficient (Wildman–Crippen LogP) is -0.489. The summed E-state index contributed by atoms with van der Waals surface area (Å²) in [7, 11) is -2.64. The van der Waals surface area contributed by atoms with Crippen LogP contribution in [0.4, 0.5) is 0 Å². The molecule has 0 aliphatic rings. The molecule has 0 bridgehead atoms. The molecule has 5 heteroatoms. The van der Waals surface area contributed by atoms with Gasteiger partial charge in [-0.1, -0.05) is 0 Å². The molecule has 0 radical (unpaired) electrons. The molecule has 0 aromatic carbocycles. The van der Waals surface area contributed by atoms with Gasteiger partial charge in [-0.15, -0.1) is 0 Å². The van der Waals surface area contributed by atoms with Crippen LogP contribution >= 0.6 is 8.25 Å². The normalized spacial score (nSPS) is 14.5. The Morgan fingerprint density at radius 3 is 2.50 bits per heavy atom. The van der Waals surface area contributed by atoms with Crippen LogP contribution in [-0.4, -0.2) is 27.9 Å². The van der Waals surface area contributed by atoms with Crippen molar-refractivity contribution in [3.63, 3.8) is 0 Å². The Hall–Kier alpha value is 0.747. The topological polar surface area (TPSA) is 46.5 Å². The minimum absolute atomic E-state index is 0.314. The van der Waals surface area contributed by atoms with Crippen LogP contribution in [0.15, 0.2) is 0 Å². The maximum atomic E-state index is 9.56. The molecule has 1 atom stereocenters. The molecule has 3 nitrogen and oxygen atoms in total. The minimum atomic E-state index is -2.64. The molecule has 0 saturated heterocycles. The van der Waals surface area contributed by atoms with E-state index >= 15 is 0 Å². The monoisotopic (exact) mass is 102 g/mol. The zero-order valence-corrected chi connectivity index (χ0v) is 4.47. The number of hydrogen-bond donors (Lipinski definition) is 1. The standard InChI is InChI=1S/CH4O3P.Li/c1-4-5(2)3;/h5H,1H2,(H,2,3);. The van der Waals surface area contributed by atoms with Crippen molar-refractivity contribution in [1.29, 1.82) is 0 Å².